The van der Waals surface area contributed by atoms with Crippen LogP contribution >= 0.6 is 0 Å². The quantitative estimate of drug-likeness (QED) is 0.789. The fourth-order valence-electron chi connectivity index (χ4n) is 2.75. The van der Waals surface area contributed by atoms with Gasteiger partial charge in [-0.1, -0.05) is 32.3 Å². The summed E-state index contributed by atoms with van der Waals surface area (Å²) in [6.07, 6.45) is 3.00. The van der Waals surface area contributed by atoms with Gasteiger partial charge < -0.3 is 14.6 Å². The van der Waals surface area contributed by atoms with Gasteiger partial charge >= 0.3 is 0 Å². The normalized spacial score (nSPS) is 21.6. The lowest BCUT2D eigenvalue weighted by atomic mass is 10.1. The third-order valence-electron chi connectivity index (χ3n) is 3.92. The fraction of sp³-hybridized carbons (Fsp3) is 0.867. The van der Waals surface area contributed by atoms with Gasteiger partial charge in [0.1, 0.15) is 6.10 Å². The van der Waals surface area contributed by atoms with Crippen molar-refractivity contribution in [2.45, 2.75) is 52.2 Å². The number of aromatic nitrogens is 2. The monoisotopic (exact) mass is 296 g/mol. The Morgan fingerprint density at radius 1 is 1.38 bits per heavy atom. The Bertz CT molecular complexity index is 404. The first kappa shape index (κ1) is 16.4. The molecule has 1 fully saturated rings. The molecule has 2 rings (SSSR count). The highest BCUT2D eigenvalue weighted by atomic mass is 16.5. The summed E-state index contributed by atoms with van der Waals surface area (Å²) in [6.45, 7) is 11.0. The van der Waals surface area contributed by atoms with E-state index in [1.807, 2.05) is 0 Å². The zero-order valence-corrected chi connectivity index (χ0v) is 13.5. The van der Waals surface area contributed by atoms with Crippen molar-refractivity contribution < 1.29 is 9.26 Å². The van der Waals surface area contributed by atoms with Gasteiger partial charge in [0.15, 0.2) is 0 Å². The van der Waals surface area contributed by atoms with Crippen LogP contribution in [-0.4, -0.2) is 53.9 Å². The van der Waals surface area contributed by atoms with Gasteiger partial charge in [-0.05, 0) is 19.5 Å². The second kappa shape index (κ2) is 8.46. The zero-order chi connectivity index (χ0) is 15.1. The highest BCUT2D eigenvalue weighted by molar-refractivity contribution is 4.95. The minimum Gasteiger partial charge on any atom is -0.367 e. The van der Waals surface area contributed by atoms with Crippen molar-refractivity contribution in [3.63, 3.8) is 0 Å². The lowest BCUT2D eigenvalue weighted by Gasteiger charge is -2.30. The molecule has 120 valence electrons. The van der Waals surface area contributed by atoms with E-state index in [2.05, 4.69) is 41.1 Å². The largest absolute Gasteiger partial charge is 0.367 e. The molecule has 0 radical (unpaired) electrons. The topological polar surface area (TPSA) is 63.4 Å². The molecule has 0 spiro atoms. The molecule has 1 aliphatic rings. The molecule has 2 unspecified atom stereocenters. The molecule has 0 bridgehead atoms. The Morgan fingerprint density at radius 3 is 2.95 bits per heavy atom. The molecule has 0 amide bonds. The van der Waals surface area contributed by atoms with Crippen molar-refractivity contribution in [1.82, 2.24) is 20.4 Å². The number of morpholine rings is 1. The number of rotatable bonds is 8. The maximum atomic E-state index is 5.77. The van der Waals surface area contributed by atoms with Crippen LogP contribution in [-0.2, 0) is 11.2 Å². The van der Waals surface area contributed by atoms with Crippen LogP contribution < -0.4 is 5.32 Å². The summed E-state index contributed by atoms with van der Waals surface area (Å²) in [5.74, 6) is 1.40. The molecular formula is C15H28N4O2. The van der Waals surface area contributed by atoms with E-state index in [1.54, 1.807) is 0 Å². The second-order valence-electron chi connectivity index (χ2n) is 5.55. The van der Waals surface area contributed by atoms with E-state index in [9.17, 15) is 0 Å². The lowest BCUT2D eigenvalue weighted by Crippen LogP contribution is -2.38. The van der Waals surface area contributed by atoms with Gasteiger partial charge in [0.25, 0.3) is 0 Å². The third-order valence-corrected chi connectivity index (χ3v) is 3.92. The number of nitrogens with one attached hydrogen (secondary N) is 1. The smallest absolute Gasteiger partial charge is 0.228 e. The molecule has 1 saturated heterocycles. The summed E-state index contributed by atoms with van der Waals surface area (Å²) in [4.78, 5) is 6.89. The number of likely N-dealkylation sites (N-methyl/N-ethyl adjacent to an activating group) is 2. The van der Waals surface area contributed by atoms with Gasteiger partial charge in [-0.25, -0.2) is 0 Å². The van der Waals surface area contributed by atoms with E-state index in [-0.39, 0.29) is 6.10 Å². The Kier molecular flexibility index (Phi) is 6.60. The van der Waals surface area contributed by atoms with Crippen molar-refractivity contribution in [1.29, 1.82) is 0 Å². The van der Waals surface area contributed by atoms with Crippen LogP contribution in [0.15, 0.2) is 4.52 Å². The number of hydrogen-bond donors (Lipinski definition) is 1. The summed E-state index contributed by atoms with van der Waals surface area (Å²) < 4.78 is 11.2. The highest BCUT2D eigenvalue weighted by Crippen LogP contribution is 2.20. The van der Waals surface area contributed by atoms with Gasteiger partial charge in [0.2, 0.25) is 11.7 Å². The van der Waals surface area contributed by atoms with Crippen LogP contribution in [0.3, 0.4) is 0 Å². The molecular weight excluding hydrogens is 268 g/mol. The summed E-state index contributed by atoms with van der Waals surface area (Å²) >= 11 is 0. The van der Waals surface area contributed by atoms with Gasteiger partial charge in [-0.15, -0.1) is 0 Å². The van der Waals surface area contributed by atoms with Crippen molar-refractivity contribution in [3.8, 4) is 0 Å². The van der Waals surface area contributed by atoms with E-state index in [1.165, 1.54) is 0 Å². The van der Waals surface area contributed by atoms with Crippen LogP contribution in [0.1, 0.15) is 51.4 Å². The summed E-state index contributed by atoms with van der Waals surface area (Å²) in [5.41, 5.74) is 0. The molecule has 2 atom stereocenters. The minimum absolute atomic E-state index is 0.0556. The Labute approximate surface area is 127 Å². The predicted octanol–water partition coefficient (Wildman–Crippen LogP) is 1.78. The molecule has 0 aliphatic carbocycles. The maximum Gasteiger partial charge on any atom is 0.228 e. The fourth-order valence-corrected chi connectivity index (χ4v) is 2.75. The molecule has 1 N–H and O–H groups in total. The summed E-state index contributed by atoms with van der Waals surface area (Å²) in [7, 11) is 0. The maximum absolute atomic E-state index is 5.77. The van der Waals surface area contributed by atoms with Crippen molar-refractivity contribution in [2.24, 2.45) is 0 Å². The first-order valence-corrected chi connectivity index (χ1v) is 8.16. The van der Waals surface area contributed by atoms with Gasteiger partial charge in [-0.3, -0.25) is 4.90 Å². The van der Waals surface area contributed by atoms with Crippen LogP contribution in [0.4, 0.5) is 0 Å². The number of hydrogen-bond acceptors (Lipinski definition) is 6. The molecule has 1 aromatic rings. The summed E-state index contributed by atoms with van der Waals surface area (Å²) in [5, 5.41) is 7.59. The van der Waals surface area contributed by atoms with Crippen molar-refractivity contribution in [2.75, 3.05) is 32.8 Å². The van der Waals surface area contributed by atoms with Crippen molar-refractivity contribution in [3.05, 3.63) is 11.7 Å². The van der Waals surface area contributed by atoms with Crippen LogP contribution in [0, 0.1) is 0 Å². The number of nitrogens with zero attached hydrogens (tertiary/aromatic N) is 3. The van der Waals surface area contributed by atoms with E-state index >= 15 is 0 Å². The standard InChI is InChI=1S/C15H28N4O2/c1-4-7-12(16-5-2)10-14-17-15(18-21-14)13-11-19(6-3)8-9-20-13/h12-13,16H,4-11H2,1-3H3. The predicted molar refractivity (Wildman–Crippen MR) is 81.2 cm³/mol. The van der Waals surface area contributed by atoms with Crippen molar-refractivity contribution >= 4 is 0 Å². The summed E-state index contributed by atoms with van der Waals surface area (Å²) in [6, 6.07) is 0.410. The van der Waals surface area contributed by atoms with Crippen LogP contribution in [0.5, 0.6) is 0 Å². The average Bonchev–Trinajstić information content (AvgIpc) is 2.96. The number of ether oxygens (including phenoxy) is 1. The Morgan fingerprint density at radius 2 is 2.24 bits per heavy atom. The van der Waals surface area contributed by atoms with Gasteiger partial charge in [0.05, 0.1) is 6.61 Å². The molecule has 6 heteroatoms. The van der Waals surface area contributed by atoms with Gasteiger partial charge in [0, 0.05) is 25.6 Å². The van der Waals surface area contributed by atoms with E-state index in [0.717, 1.165) is 52.0 Å². The Hall–Kier alpha value is -0.980. The third kappa shape index (κ3) is 4.76. The molecule has 21 heavy (non-hydrogen) atoms. The lowest BCUT2D eigenvalue weighted by molar-refractivity contribution is -0.0334. The second-order valence-corrected chi connectivity index (χ2v) is 5.55. The highest BCUT2D eigenvalue weighted by Gasteiger charge is 2.25. The molecule has 1 aromatic heterocycles. The van der Waals surface area contributed by atoms with Crippen LogP contribution in [0.2, 0.25) is 0 Å². The zero-order valence-electron chi connectivity index (χ0n) is 13.5. The molecule has 0 aromatic carbocycles. The van der Waals surface area contributed by atoms with Crippen LogP contribution in [0.25, 0.3) is 0 Å². The first-order chi connectivity index (χ1) is 10.3. The first-order valence-electron chi connectivity index (χ1n) is 8.16. The minimum atomic E-state index is -0.0556. The Balaban J connectivity index is 1.93. The molecule has 2 heterocycles. The van der Waals surface area contributed by atoms with E-state index in [4.69, 9.17) is 9.26 Å². The SMILES string of the molecule is CCCC(Cc1nc(C2CN(CC)CCO2)no1)NCC. The van der Waals surface area contributed by atoms with E-state index in [0.29, 0.717) is 17.8 Å². The molecule has 0 saturated carbocycles. The molecule has 1 aliphatic heterocycles. The van der Waals surface area contributed by atoms with Gasteiger partial charge in [-0.2, -0.15) is 4.98 Å². The molecule has 6 nitrogen and oxygen atoms in total. The van der Waals surface area contributed by atoms with E-state index < -0.39 is 0 Å². The average molecular weight is 296 g/mol.